The molecule has 1 fully saturated rings. The Morgan fingerprint density at radius 1 is 0.956 bits per heavy atom. The zero-order valence-corrected chi connectivity index (χ0v) is 26.1. The lowest BCUT2D eigenvalue weighted by Gasteiger charge is -2.38. The standard InChI is InChI=1S/C31H43N3O11/c1-19(35)32-22-15-21(11-12-23(22)44-29-26(38)24(36)25(37)27(45-29)28(39)40)17-42-30(41)34(14-13-33(4)5)18-43-31(2,3)16-20-9-7-6-8-10-20/h6-12,15,24-27,29,36-38H,13-14,16-18H2,1-5H3,(H,32,35)(H,39,40)/t24-,25?,26-,27?,29?/m0/s1. The summed E-state index contributed by atoms with van der Waals surface area (Å²) in [5.74, 6) is -2.06. The van der Waals surface area contributed by atoms with Crippen LogP contribution in [-0.2, 0) is 36.8 Å². The van der Waals surface area contributed by atoms with E-state index in [0.717, 1.165) is 5.56 Å². The number of benzene rings is 2. The van der Waals surface area contributed by atoms with Crippen molar-refractivity contribution in [3.05, 3.63) is 59.7 Å². The van der Waals surface area contributed by atoms with Crippen LogP contribution in [0, 0.1) is 0 Å². The Kier molecular flexibility index (Phi) is 12.7. The van der Waals surface area contributed by atoms with Gasteiger partial charge in [0, 0.05) is 26.4 Å². The fourth-order valence-corrected chi connectivity index (χ4v) is 4.49. The van der Waals surface area contributed by atoms with Crippen molar-refractivity contribution in [3.8, 4) is 5.75 Å². The van der Waals surface area contributed by atoms with Crippen molar-refractivity contribution < 1.29 is 53.8 Å². The summed E-state index contributed by atoms with van der Waals surface area (Å²) in [6, 6.07) is 14.3. The molecule has 0 aromatic heterocycles. The number of carbonyl (C=O) groups is 3. The maximum Gasteiger partial charge on any atom is 0.411 e. The van der Waals surface area contributed by atoms with Crippen LogP contribution in [-0.4, -0.2) is 118 Å². The molecule has 1 aliphatic rings. The van der Waals surface area contributed by atoms with Crippen molar-refractivity contribution in [3.63, 3.8) is 0 Å². The average Bonchev–Trinajstić information content (AvgIpc) is 2.96. The highest BCUT2D eigenvalue weighted by Crippen LogP contribution is 2.31. The molecule has 2 amide bonds. The van der Waals surface area contributed by atoms with Gasteiger partial charge in [0.2, 0.25) is 12.2 Å². The Hall–Kier alpha value is -3.79. The number of aliphatic hydroxyl groups is 3. The Morgan fingerprint density at radius 2 is 1.64 bits per heavy atom. The predicted molar refractivity (Wildman–Crippen MR) is 161 cm³/mol. The van der Waals surface area contributed by atoms with E-state index >= 15 is 0 Å². The first-order valence-corrected chi connectivity index (χ1v) is 14.4. The van der Waals surface area contributed by atoms with Gasteiger partial charge in [0.25, 0.3) is 0 Å². The minimum absolute atomic E-state index is 0.00196. The minimum Gasteiger partial charge on any atom is -0.479 e. The second-order valence-electron chi connectivity index (χ2n) is 11.7. The second kappa shape index (κ2) is 16.0. The summed E-state index contributed by atoms with van der Waals surface area (Å²) in [5, 5.41) is 42.2. The zero-order chi connectivity index (χ0) is 33.3. The molecule has 14 nitrogen and oxygen atoms in total. The monoisotopic (exact) mass is 633 g/mol. The molecule has 2 aromatic carbocycles. The molecule has 14 heteroatoms. The van der Waals surface area contributed by atoms with Gasteiger partial charge in [-0.15, -0.1) is 0 Å². The molecule has 3 unspecified atom stereocenters. The van der Waals surface area contributed by atoms with Crippen LogP contribution in [0.4, 0.5) is 10.5 Å². The number of nitrogens with zero attached hydrogens (tertiary/aromatic N) is 2. The van der Waals surface area contributed by atoms with E-state index in [2.05, 4.69) is 5.32 Å². The molecular formula is C31H43N3O11. The van der Waals surface area contributed by atoms with Gasteiger partial charge in [-0.25, -0.2) is 9.59 Å². The maximum atomic E-state index is 13.2. The molecule has 1 aliphatic heterocycles. The number of ether oxygens (including phenoxy) is 4. The number of likely N-dealkylation sites (N-methyl/N-ethyl adjacent to an activating group) is 1. The van der Waals surface area contributed by atoms with Crippen molar-refractivity contribution in [2.75, 3.05) is 39.2 Å². The number of carboxylic acids is 1. The summed E-state index contributed by atoms with van der Waals surface area (Å²) in [6.45, 7) is 5.89. The van der Waals surface area contributed by atoms with Gasteiger partial charge >= 0.3 is 12.1 Å². The van der Waals surface area contributed by atoms with Gasteiger partial charge in [-0.3, -0.25) is 9.69 Å². The summed E-state index contributed by atoms with van der Waals surface area (Å²) in [5.41, 5.74) is 1.12. The molecular weight excluding hydrogens is 590 g/mol. The fourth-order valence-electron chi connectivity index (χ4n) is 4.49. The van der Waals surface area contributed by atoms with Crippen LogP contribution in [0.1, 0.15) is 31.9 Å². The quantitative estimate of drug-likeness (QED) is 0.189. The van der Waals surface area contributed by atoms with E-state index in [1.54, 1.807) is 0 Å². The summed E-state index contributed by atoms with van der Waals surface area (Å²) in [7, 11) is 3.78. The molecule has 3 rings (SSSR count). The van der Waals surface area contributed by atoms with Crippen molar-refractivity contribution in [1.82, 2.24) is 9.80 Å². The molecule has 1 heterocycles. The lowest BCUT2D eigenvalue weighted by atomic mass is 9.98. The normalized spacial score (nSPS) is 21.7. The van der Waals surface area contributed by atoms with Crippen LogP contribution in [0.2, 0.25) is 0 Å². The van der Waals surface area contributed by atoms with Crippen LogP contribution >= 0.6 is 0 Å². The molecule has 0 aliphatic carbocycles. The van der Waals surface area contributed by atoms with Gasteiger partial charge in [0.05, 0.1) is 11.3 Å². The Bertz CT molecular complexity index is 1290. The number of hydrogen-bond donors (Lipinski definition) is 5. The maximum absolute atomic E-state index is 13.2. The third kappa shape index (κ3) is 10.7. The van der Waals surface area contributed by atoms with Crippen LogP contribution in [0.5, 0.6) is 5.75 Å². The van der Waals surface area contributed by atoms with Crippen LogP contribution in [0.25, 0.3) is 0 Å². The summed E-state index contributed by atoms with van der Waals surface area (Å²) < 4.78 is 22.5. The highest BCUT2D eigenvalue weighted by atomic mass is 16.7. The van der Waals surface area contributed by atoms with Crippen molar-refractivity contribution >= 4 is 23.7 Å². The van der Waals surface area contributed by atoms with E-state index in [1.807, 2.05) is 63.2 Å². The molecule has 0 bridgehead atoms. The molecule has 45 heavy (non-hydrogen) atoms. The molecule has 0 radical (unpaired) electrons. The fraction of sp³-hybridized carbons (Fsp3) is 0.516. The van der Waals surface area contributed by atoms with Crippen molar-refractivity contribution in [2.24, 2.45) is 0 Å². The van der Waals surface area contributed by atoms with E-state index in [1.165, 1.54) is 30.0 Å². The molecule has 0 saturated carbocycles. The largest absolute Gasteiger partial charge is 0.479 e. The van der Waals surface area contributed by atoms with Gasteiger partial charge in [0.1, 0.15) is 37.4 Å². The third-order valence-corrected chi connectivity index (χ3v) is 6.93. The number of nitrogens with one attached hydrogen (secondary N) is 1. The van der Waals surface area contributed by atoms with E-state index in [4.69, 9.17) is 18.9 Å². The Labute approximate surface area is 262 Å². The zero-order valence-electron chi connectivity index (χ0n) is 26.1. The number of aliphatic hydroxyl groups excluding tert-OH is 3. The molecule has 2 aromatic rings. The van der Waals surface area contributed by atoms with Gasteiger partial charge in [-0.05, 0) is 51.2 Å². The lowest BCUT2D eigenvalue weighted by molar-refractivity contribution is -0.271. The molecule has 248 valence electrons. The first-order valence-electron chi connectivity index (χ1n) is 14.4. The highest BCUT2D eigenvalue weighted by Gasteiger charge is 2.48. The number of rotatable bonds is 14. The van der Waals surface area contributed by atoms with Gasteiger partial charge < -0.3 is 49.6 Å². The van der Waals surface area contributed by atoms with E-state index in [9.17, 15) is 34.8 Å². The number of carboxylic acid groups (broad SMARTS) is 1. The smallest absolute Gasteiger partial charge is 0.411 e. The van der Waals surface area contributed by atoms with Crippen LogP contribution in [0.3, 0.4) is 0 Å². The summed E-state index contributed by atoms with van der Waals surface area (Å²) >= 11 is 0. The number of anilines is 1. The molecule has 5 N–H and O–H groups in total. The summed E-state index contributed by atoms with van der Waals surface area (Å²) in [4.78, 5) is 39.9. The van der Waals surface area contributed by atoms with E-state index in [0.29, 0.717) is 25.1 Å². The van der Waals surface area contributed by atoms with Crippen LogP contribution in [0.15, 0.2) is 48.5 Å². The SMILES string of the molecule is CC(=O)Nc1cc(COC(=O)N(CCN(C)C)COC(C)(C)Cc2ccccc2)ccc1OC1OC(C(=O)O)C(O)[C@H](O)[C@@H]1O. The number of carbonyl (C=O) groups excluding carboxylic acids is 2. The van der Waals surface area contributed by atoms with Crippen molar-refractivity contribution in [2.45, 2.75) is 70.1 Å². The van der Waals surface area contributed by atoms with E-state index < -0.39 is 54.3 Å². The van der Waals surface area contributed by atoms with Gasteiger partial charge in [0.15, 0.2) is 6.10 Å². The second-order valence-corrected chi connectivity index (χ2v) is 11.7. The van der Waals surface area contributed by atoms with Crippen molar-refractivity contribution in [1.29, 1.82) is 0 Å². The number of amides is 2. The average molecular weight is 634 g/mol. The molecule has 5 atom stereocenters. The minimum atomic E-state index is -1.89. The Balaban J connectivity index is 1.69. The summed E-state index contributed by atoms with van der Waals surface area (Å²) in [6.07, 6.45) is -9.06. The third-order valence-electron chi connectivity index (χ3n) is 6.93. The lowest BCUT2D eigenvalue weighted by Crippen LogP contribution is -2.61. The molecule has 1 saturated heterocycles. The molecule has 0 spiro atoms. The highest BCUT2D eigenvalue weighted by molar-refractivity contribution is 5.90. The number of hydrogen-bond acceptors (Lipinski definition) is 11. The topological polar surface area (TPSA) is 188 Å². The number of aliphatic carboxylic acids is 1. The van der Waals surface area contributed by atoms with Gasteiger partial charge in [-0.1, -0.05) is 36.4 Å². The first-order chi connectivity index (χ1) is 21.2. The van der Waals surface area contributed by atoms with E-state index in [-0.39, 0.29) is 24.8 Å². The Morgan fingerprint density at radius 3 is 2.27 bits per heavy atom. The van der Waals surface area contributed by atoms with Crippen LogP contribution < -0.4 is 10.1 Å². The first kappa shape index (κ1) is 35.7. The predicted octanol–water partition coefficient (Wildman–Crippen LogP) is 1.41. The van der Waals surface area contributed by atoms with Gasteiger partial charge in [-0.2, -0.15) is 0 Å².